The molecule has 0 aliphatic rings. The Hall–Kier alpha value is -3.42. The summed E-state index contributed by atoms with van der Waals surface area (Å²) >= 11 is 0. The van der Waals surface area contributed by atoms with E-state index in [2.05, 4.69) is 21.3 Å². The van der Waals surface area contributed by atoms with Gasteiger partial charge in [-0.15, -0.1) is 0 Å². The van der Waals surface area contributed by atoms with Crippen molar-refractivity contribution in [2.75, 3.05) is 37.9 Å². The third-order valence-electron chi connectivity index (χ3n) is 5.89. The first-order valence-electron chi connectivity index (χ1n) is 13.0. The van der Waals surface area contributed by atoms with Crippen LogP contribution in [0.5, 0.6) is 11.5 Å². The lowest BCUT2D eigenvalue weighted by Gasteiger charge is -2.11. The molecule has 198 valence electrons. The smallest absolute Gasteiger partial charge is 0.319 e. The van der Waals surface area contributed by atoms with Crippen molar-refractivity contribution in [2.45, 2.75) is 64.2 Å². The molecular weight excluding hydrogens is 456 g/mol. The minimum Gasteiger partial charge on any atom is -0.495 e. The number of hydrogen-bond donors (Lipinski definition) is 4. The molecule has 2 aromatic rings. The second-order valence-electron chi connectivity index (χ2n) is 8.70. The van der Waals surface area contributed by atoms with Crippen molar-refractivity contribution in [2.24, 2.45) is 0 Å². The molecule has 0 bridgehead atoms. The number of methoxy groups -OCH3 is 2. The molecule has 0 fully saturated rings. The monoisotopic (exact) mass is 498 g/mol. The molecule has 4 N–H and O–H groups in total. The number of amides is 4. The molecule has 2 rings (SSSR count). The molecule has 0 saturated heterocycles. The first kappa shape index (κ1) is 28.8. The number of anilines is 2. The highest BCUT2D eigenvalue weighted by atomic mass is 16.5. The van der Waals surface area contributed by atoms with Crippen LogP contribution in [0.2, 0.25) is 0 Å². The summed E-state index contributed by atoms with van der Waals surface area (Å²) in [6, 6.07) is 14.3. The van der Waals surface area contributed by atoms with Crippen LogP contribution in [0.15, 0.2) is 48.5 Å². The van der Waals surface area contributed by atoms with Crippen LogP contribution in [0, 0.1) is 0 Å². The second kappa shape index (κ2) is 17.9. The van der Waals surface area contributed by atoms with E-state index >= 15 is 0 Å². The maximum Gasteiger partial charge on any atom is 0.319 e. The molecule has 0 spiro atoms. The van der Waals surface area contributed by atoms with Crippen LogP contribution in [0.3, 0.4) is 0 Å². The standard InChI is InChI=1S/C28H42N4O4/c1-35-25-19-13-11-17-23(25)31-27(33)29-21-15-9-7-5-3-4-6-8-10-16-22-30-28(34)32-24-18-12-14-20-26(24)36-2/h11-14,17-20H,3-10,15-16,21-22H2,1-2H3,(H2,29,31,33)(H2,30,32,34). The van der Waals surface area contributed by atoms with Crippen molar-refractivity contribution in [1.82, 2.24) is 10.6 Å². The van der Waals surface area contributed by atoms with Crippen molar-refractivity contribution in [3.8, 4) is 11.5 Å². The largest absolute Gasteiger partial charge is 0.495 e. The van der Waals surface area contributed by atoms with Gasteiger partial charge in [0.05, 0.1) is 25.6 Å². The van der Waals surface area contributed by atoms with Gasteiger partial charge in [-0.1, -0.05) is 75.6 Å². The normalized spacial score (nSPS) is 10.4. The summed E-state index contributed by atoms with van der Waals surface area (Å²) in [5, 5.41) is 11.4. The average Bonchev–Trinajstić information content (AvgIpc) is 2.89. The molecule has 0 saturated carbocycles. The Morgan fingerprint density at radius 1 is 0.556 bits per heavy atom. The molecule has 0 aliphatic carbocycles. The van der Waals surface area contributed by atoms with E-state index in [9.17, 15) is 9.59 Å². The van der Waals surface area contributed by atoms with E-state index in [4.69, 9.17) is 9.47 Å². The zero-order valence-corrected chi connectivity index (χ0v) is 21.7. The Kier molecular flexibility index (Phi) is 14.4. The van der Waals surface area contributed by atoms with Gasteiger partial charge < -0.3 is 30.7 Å². The predicted octanol–water partition coefficient (Wildman–Crippen LogP) is 6.55. The molecule has 8 nitrogen and oxygen atoms in total. The van der Waals surface area contributed by atoms with Crippen molar-refractivity contribution in [3.05, 3.63) is 48.5 Å². The van der Waals surface area contributed by atoms with E-state index in [-0.39, 0.29) is 12.1 Å². The van der Waals surface area contributed by atoms with Gasteiger partial charge in [0.15, 0.2) is 0 Å². The molecule has 4 amide bonds. The quantitative estimate of drug-likeness (QED) is 0.186. The Bertz CT molecular complexity index is 833. The highest BCUT2D eigenvalue weighted by molar-refractivity contribution is 5.91. The minimum absolute atomic E-state index is 0.202. The van der Waals surface area contributed by atoms with E-state index in [1.165, 1.54) is 38.5 Å². The van der Waals surface area contributed by atoms with Crippen LogP contribution in [-0.2, 0) is 0 Å². The van der Waals surface area contributed by atoms with E-state index in [0.717, 1.165) is 25.7 Å². The molecule has 2 aromatic carbocycles. The number of nitrogens with one attached hydrogen (secondary N) is 4. The van der Waals surface area contributed by atoms with Gasteiger partial charge in [-0.25, -0.2) is 9.59 Å². The summed E-state index contributed by atoms with van der Waals surface area (Å²) < 4.78 is 10.5. The number of urea groups is 2. The second-order valence-corrected chi connectivity index (χ2v) is 8.70. The maximum atomic E-state index is 12.0. The number of para-hydroxylation sites is 4. The Balaban J connectivity index is 1.36. The van der Waals surface area contributed by atoms with Gasteiger partial charge in [0.1, 0.15) is 11.5 Å². The lowest BCUT2D eigenvalue weighted by molar-refractivity contribution is 0.251. The highest BCUT2D eigenvalue weighted by Crippen LogP contribution is 2.23. The first-order chi connectivity index (χ1) is 17.6. The third-order valence-corrected chi connectivity index (χ3v) is 5.89. The summed E-state index contributed by atoms with van der Waals surface area (Å²) in [6.45, 7) is 1.35. The Labute approximate surface area is 215 Å². The fourth-order valence-electron chi connectivity index (χ4n) is 3.90. The summed E-state index contributed by atoms with van der Waals surface area (Å²) in [6.07, 6.45) is 11.6. The number of ether oxygens (including phenoxy) is 2. The van der Waals surface area contributed by atoms with Crippen LogP contribution in [-0.4, -0.2) is 39.4 Å². The molecule has 0 aromatic heterocycles. The summed E-state index contributed by atoms with van der Waals surface area (Å²) in [7, 11) is 3.18. The average molecular weight is 499 g/mol. The van der Waals surface area contributed by atoms with E-state index in [1.807, 2.05) is 48.5 Å². The van der Waals surface area contributed by atoms with Gasteiger partial charge in [-0.3, -0.25) is 0 Å². The van der Waals surface area contributed by atoms with Crippen molar-refractivity contribution in [1.29, 1.82) is 0 Å². The van der Waals surface area contributed by atoms with Crippen LogP contribution in [0.4, 0.5) is 21.0 Å². The minimum atomic E-state index is -0.202. The van der Waals surface area contributed by atoms with Crippen molar-refractivity contribution >= 4 is 23.4 Å². The van der Waals surface area contributed by atoms with Gasteiger partial charge in [-0.2, -0.15) is 0 Å². The highest BCUT2D eigenvalue weighted by Gasteiger charge is 2.06. The molecule has 0 atom stereocenters. The van der Waals surface area contributed by atoms with Crippen LogP contribution >= 0.6 is 0 Å². The fourth-order valence-corrected chi connectivity index (χ4v) is 3.90. The Morgan fingerprint density at radius 2 is 0.889 bits per heavy atom. The third kappa shape index (κ3) is 11.8. The van der Waals surface area contributed by atoms with Gasteiger partial charge in [0, 0.05) is 13.1 Å². The number of rotatable bonds is 17. The van der Waals surface area contributed by atoms with Gasteiger partial charge in [0.25, 0.3) is 0 Å². The topological polar surface area (TPSA) is 101 Å². The van der Waals surface area contributed by atoms with Crippen molar-refractivity contribution in [3.63, 3.8) is 0 Å². The number of unbranched alkanes of at least 4 members (excludes halogenated alkanes) is 9. The summed E-state index contributed by atoms with van der Waals surface area (Å²) in [5.74, 6) is 1.30. The zero-order valence-electron chi connectivity index (χ0n) is 21.7. The van der Waals surface area contributed by atoms with Gasteiger partial charge in [-0.05, 0) is 37.1 Å². The maximum absolute atomic E-state index is 12.0. The number of hydrogen-bond acceptors (Lipinski definition) is 4. The molecule has 36 heavy (non-hydrogen) atoms. The van der Waals surface area contributed by atoms with Crippen molar-refractivity contribution < 1.29 is 19.1 Å². The Morgan fingerprint density at radius 3 is 1.25 bits per heavy atom. The first-order valence-corrected chi connectivity index (χ1v) is 13.0. The SMILES string of the molecule is COc1ccccc1NC(=O)NCCCCCCCCCCCCNC(=O)Nc1ccccc1OC. The molecule has 8 heteroatoms. The lowest BCUT2D eigenvalue weighted by Crippen LogP contribution is -2.29. The van der Waals surface area contributed by atoms with Gasteiger partial charge >= 0.3 is 12.1 Å². The molecule has 0 unspecified atom stereocenters. The fraction of sp³-hybridized carbons (Fsp3) is 0.500. The van der Waals surface area contributed by atoms with E-state index in [0.29, 0.717) is 36.0 Å². The predicted molar refractivity (Wildman–Crippen MR) is 146 cm³/mol. The van der Waals surface area contributed by atoms with Crippen LogP contribution in [0.1, 0.15) is 64.2 Å². The van der Waals surface area contributed by atoms with E-state index < -0.39 is 0 Å². The van der Waals surface area contributed by atoms with Crippen LogP contribution in [0.25, 0.3) is 0 Å². The number of carbonyl (C=O) groups excluding carboxylic acids is 2. The lowest BCUT2D eigenvalue weighted by atomic mass is 10.1. The molecular formula is C28H42N4O4. The number of benzene rings is 2. The van der Waals surface area contributed by atoms with Crippen LogP contribution < -0.4 is 30.7 Å². The summed E-state index contributed by atoms with van der Waals surface area (Å²) in [4.78, 5) is 24.0. The zero-order chi connectivity index (χ0) is 25.8. The molecule has 0 aliphatic heterocycles. The molecule has 0 radical (unpaired) electrons. The molecule has 0 heterocycles. The van der Waals surface area contributed by atoms with Gasteiger partial charge in [0.2, 0.25) is 0 Å². The van der Waals surface area contributed by atoms with E-state index in [1.54, 1.807) is 14.2 Å². The number of carbonyl (C=O) groups is 2. The summed E-state index contributed by atoms with van der Waals surface area (Å²) in [5.41, 5.74) is 1.34.